The summed E-state index contributed by atoms with van der Waals surface area (Å²) in [6, 6.07) is 5.14. The number of carbonyl (C=O) groups excluding carboxylic acids is 1. The highest BCUT2D eigenvalue weighted by Gasteiger charge is 2.24. The van der Waals surface area contributed by atoms with Gasteiger partial charge in [0.15, 0.2) is 0 Å². The van der Waals surface area contributed by atoms with E-state index in [1.807, 2.05) is 13.0 Å². The molecule has 1 saturated carbocycles. The van der Waals surface area contributed by atoms with Gasteiger partial charge in [0, 0.05) is 10.6 Å². The molecule has 1 aromatic rings. The minimum atomic E-state index is -0.439. The number of benzene rings is 1. The lowest BCUT2D eigenvalue weighted by atomic mass is 10.0. The maximum Gasteiger partial charge on any atom is 0.251 e. The number of aliphatic hydroxyl groups excluding tert-OH is 1. The molecule has 1 aromatic carbocycles. The van der Waals surface area contributed by atoms with Crippen molar-refractivity contribution in [2.75, 3.05) is 0 Å². The average molecular weight is 282 g/mol. The lowest BCUT2D eigenvalue weighted by Crippen LogP contribution is -2.42. The largest absolute Gasteiger partial charge is 0.391 e. The van der Waals surface area contributed by atoms with Crippen LogP contribution in [0.25, 0.3) is 0 Å². The van der Waals surface area contributed by atoms with Crippen LogP contribution < -0.4 is 5.32 Å². The monoisotopic (exact) mass is 281 g/mol. The van der Waals surface area contributed by atoms with Crippen LogP contribution in [-0.2, 0) is 0 Å². The van der Waals surface area contributed by atoms with E-state index in [4.69, 9.17) is 11.6 Å². The van der Waals surface area contributed by atoms with Gasteiger partial charge < -0.3 is 10.4 Å². The highest BCUT2D eigenvalue weighted by Crippen LogP contribution is 2.20. The van der Waals surface area contributed by atoms with Crippen LogP contribution in [0.5, 0.6) is 0 Å². The fraction of sp³-hybridized carbons (Fsp3) is 0.533. The molecule has 0 radical (unpaired) electrons. The van der Waals surface area contributed by atoms with Gasteiger partial charge in [-0.15, -0.1) is 0 Å². The Morgan fingerprint density at radius 2 is 2.05 bits per heavy atom. The van der Waals surface area contributed by atoms with Crippen LogP contribution in [0.4, 0.5) is 0 Å². The molecule has 4 heteroatoms. The first-order valence-corrected chi connectivity index (χ1v) is 7.21. The summed E-state index contributed by atoms with van der Waals surface area (Å²) < 4.78 is 0. The van der Waals surface area contributed by atoms with Crippen LogP contribution in [0, 0.1) is 6.92 Å². The predicted octanol–water partition coefficient (Wildman–Crippen LogP) is 3.07. The molecule has 104 valence electrons. The molecule has 2 rings (SSSR count). The molecule has 0 bridgehead atoms. The van der Waals surface area contributed by atoms with Crippen molar-refractivity contribution in [2.45, 2.75) is 51.2 Å². The van der Waals surface area contributed by atoms with E-state index in [2.05, 4.69) is 5.32 Å². The number of carbonyl (C=O) groups is 1. The zero-order chi connectivity index (χ0) is 13.8. The SMILES string of the molecule is Cc1ccc(Cl)cc1C(=O)NC1CCCCCC1O. The highest BCUT2D eigenvalue weighted by molar-refractivity contribution is 6.31. The van der Waals surface area contributed by atoms with Gasteiger partial charge in [-0.2, -0.15) is 0 Å². The van der Waals surface area contributed by atoms with Crippen molar-refractivity contribution >= 4 is 17.5 Å². The third-order valence-electron chi connectivity index (χ3n) is 3.74. The van der Waals surface area contributed by atoms with Crippen molar-refractivity contribution in [1.29, 1.82) is 0 Å². The van der Waals surface area contributed by atoms with Crippen molar-refractivity contribution in [3.8, 4) is 0 Å². The summed E-state index contributed by atoms with van der Waals surface area (Å²) in [5.41, 5.74) is 1.48. The molecule has 3 nitrogen and oxygen atoms in total. The minimum absolute atomic E-state index is 0.145. The van der Waals surface area contributed by atoms with Gasteiger partial charge in [-0.3, -0.25) is 4.79 Å². The molecule has 0 aromatic heterocycles. The topological polar surface area (TPSA) is 49.3 Å². The van der Waals surface area contributed by atoms with Crippen molar-refractivity contribution in [2.24, 2.45) is 0 Å². The molecular weight excluding hydrogens is 262 g/mol. The summed E-state index contributed by atoms with van der Waals surface area (Å²) in [4.78, 5) is 12.3. The Kier molecular flexibility index (Phi) is 4.83. The van der Waals surface area contributed by atoms with E-state index in [0.717, 1.165) is 37.7 Å². The summed E-state index contributed by atoms with van der Waals surface area (Å²) in [6.07, 6.45) is 4.37. The Bertz CT molecular complexity index is 461. The lowest BCUT2D eigenvalue weighted by molar-refractivity contribution is 0.0818. The van der Waals surface area contributed by atoms with E-state index < -0.39 is 6.10 Å². The van der Waals surface area contributed by atoms with E-state index in [1.165, 1.54) is 0 Å². The number of halogens is 1. The van der Waals surface area contributed by atoms with Gasteiger partial charge in [-0.05, 0) is 37.5 Å². The summed E-state index contributed by atoms with van der Waals surface area (Å²) in [5.74, 6) is -0.147. The smallest absolute Gasteiger partial charge is 0.251 e. The quantitative estimate of drug-likeness (QED) is 0.819. The Morgan fingerprint density at radius 3 is 2.84 bits per heavy atom. The summed E-state index contributed by atoms with van der Waals surface area (Å²) >= 11 is 5.93. The van der Waals surface area contributed by atoms with Gasteiger partial charge in [-0.25, -0.2) is 0 Å². The van der Waals surface area contributed by atoms with Crippen LogP contribution in [0.3, 0.4) is 0 Å². The van der Waals surface area contributed by atoms with Gasteiger partial charge in [0.2, 0.25) is 0 Å². The Morgan fingerprint density at radius 1 is 1.32 bits per heavy atom. The van der Waals surface area contributed by atoms with Crippen LogP contribution in [0.15, 0.2) is 18.2 Å². The number of hydrogen-bond donors (Lipinski definition) is 2. The van der Waals surface area contributed by atoms with Crippen molar-refractivity contribution in [3.63, 3.8) is 0 Å². The van der Waals surface area contributed by atoms with Gasteiger partial charge in [0.05, 0.1) is 12.1 Å². The van der Waals surface area contributed by atoms with Crippen LogP contribution in [0.1, 0.15) is 48.0 Å². The number of aliphatic hydroxyl groups is 1. The molecule has 0 heterocycles. The van der Waals surface area contributed by atoms with Gasteiger partial charge >= 0.3 is 0 Å². The highest BCUT2D eigenvalue weighted by atomic mass is 35.5. The molecule has 0 spiro atoms. The Hall–Kier alpha value is -1.06. The van der Waals surface area contributed by atoms with Crippen LogP contribution in [0.2, 0.25) is 5.02 Å². The molecule has 1 aliphatic rings. The van der Waals surface area contributed by atoms with Gasteiger partial charge in [0.1, 0.15) is 0 Å². The molecule has 2 N–H and O–H groups in total. The summed E-state index contributed by atoms with van der Waals surface area (Å²) in [6.45, 7) is 1.88. The van der Waals surface area contributed by atoms with Gasteiger partial charge in [0.25, 0.3) is 5.91 Å². The fourth-order valence-corrected chi connectivity index (χ4v) is 2.71. The standard InChI is InChI=1S/C15H20ClNO2/c1-10-7-8-11(16)9-12(10)15(19)17-13-5-3-2-4-6-14(13)18/h7-9,13-14,18H,2-6H2,1H3,(H,17,19). The third-order valence-corrected chi connectivity index (χ3v) is 3.98. The van der Waals surface area contributed by atoms with E-state index in [1.54, 1.807) is 12.1 Å². The second-order valence-corrected chi connectivity index (χ2v) is 5.68. The van der Waals surface area contributed by atoms with Crippen LogP contribution >= 0.6 is 11.6 Å². The normalized spacial score (nSPS) is 23.7. The number of amides is 1. The molecule has 1 aliphatic carbocycles. The minimum Gasteiger partial charge on any atom is -0.391 e. The van der Waals surface area contributed by atoms with E-state index in [-0.39, 0.29) is 11.9 Å². The summed E-state index contributed by atoms with van der Waals surface area (Å²) in [7, 11) is 0. The number of aryl methyl sites for hydroxylation is 1. The predicted molar refractivity (Wildman–Crippen MR) is 76.5 cm³/mol. The molecule has 1 fully saturated rings. The van der Waals surface area contributed by atoms with Gasteiger partial charge in [-0.1, -0.05) is 36.9 Å². The molecule has 2 atom stereocenters. The molecule has 19 heavy (non-hydrogen) atoms. The number of nitrogens with one attached hydrogen (secondary N) is 1. The summed E-state index contributed by atoms with van der Waals surface area (Å²) in [5, 5.41) is 13.5. The first kappa shape index (κ1) is 14.4. The van der Waals surface area contributed by atoms with E-state index in [0.29, 0.717) is 10.6 Å². The number of hydrogen-bond acceptors (Lipinski definition) is 2. The number of rotatable bonds is 2. The average Bonchev–Trinajstić information content (AvgIpc) is 2.58. The zero-order valence-corrected chi connectivity index (χ0v) is 11.9. The second kappa shape index (κ2) is 6.40. The molecule has 0 saturated heterocycles. The lowest BCUT2D eigenvalue weighted by Gasteiger charge is -2.22. The third kappa shape index (κ3) is 3.71. The Labute approximate surface area is 119 Å². The maximum absolute atomic E-state index is 12.3. The Balaban J connectivity index is 2.09. The molecular formula is C15H20ClNO2. The first-order valence-electron chi connectivity index (χ1n) is 6.83. The van der Waals surface area contributed by atoms with Crippen molar-refractivity contribution < 1.29 is 9.90 Å². The van der Waals surface area contributed by atoms with Crippen molar-refractivity contribution in [1.82, 2.24) is 5.32 Å². The molecule has 0 aliphatic heterocycles. The maximum atomic E-state index is 12.3. The molecule has 1 amide bonds. The second-order valence-electron chi connectivity index (χ2n) is 5.24. The molecule has 2 unspecified atom stereocenters. The van der Waals surface area contributed by atoms with Crippen LogP contribution in [-0.4, -0.2) is 23.2 Å². The van der Waals surface area contributed by atoms with E-state index in [9.17, 15) is 9.90 Å². The van der Waals surface area contributed by atoms with Crippen molar-refractivity contribution in [3.05, 3.63) is 34.3 Å². The fourth-order valence-electron chi connectivity index (χ4n) is 2.54. The zero-order valence-electron chi connectivity index (χ0n) is 11.2. The first-order chi connectivity index (χ1) is 9.08. The van der Waals surface area contributed by atoms with E-state index >= 15 is 0 Å².